The van der Waals surface area contributed by atoms with Gasteiger partial charge in [-0.3, -0.25) is 4.79 Å². The highest BCUT2D eigenvalue weighted by Crippen LogP contribution is 2.34. The fourth-order valence-electron chi connectivity index (χ4n) is 3.87. The van der Waals surface area contributed by atoms with E-state index in [-0.39, 0.29) is 11.7 Å². The van der Waals surface area contributed by atoms with Crippen molar-refractivity contribution in [3.05, 3.63) is 83.6 Å². The van der Waals surface area contributed by atoms with Gasteiger partial charge in [-0.15, -0.1) is 0 Å². The lowest BCUT2D eigenvalue weighted by molar-refractivity contribution is 0.0963. The van der Waals surface area contributed by atoms with Crippen molar-refractivity contribution in [2.45, 2.75) is 18.8 Å². The van der Waals surface area contributed by atoms with E-state index in [9.17, 15) is 4.79 Å². The SMILES string of the molecule is Nc1nc(-c2ccccc2)c2cc3c(nn12)CC(c1ccccc1)CC3=O. The van der Waals surface area contributed by atoms with Gasteiger partial charge in [0.2, 0.25) is 5.95 Å². The number of fused-ring (bicyclic) bond motifs is 2. The summed E-state index contributed by atoms with van der Waals surface area (Å²) in [6.45, 7) is 0. The lowest BCUT2D eigenvalue weighted by Gasteiger charge is -2.23. The average molecular weight is 354 g/mol. The molecule has 132 valence electrons. The molecule has 0 fully saturated rings. The molecule has 1 aliphatic carbocycles. The number of ketones is 1. The molecule has 2 heterocycles. The van der Waals surface area contributed by atoms with E-state index >= 15 is 0 Å². The first-order valence-electron chi connectivity index (χ1n) is 9.02. The van der Waals surface area contributed by atoms with E-state index in [4.69, 9.17) is 10.8 Å². The van der Waals surface area contributed by atoms with Crippen molar-refractivity contribution < 1.29 is 4.79 Å². The third-order valence-corrected chi connectivity index (χ3v) is 5.22. The molecule has 0 spiro atoms. The van der Waals surface area contributed by atoms with Gasteiger partial charge in [0.25, 0.3) is 0 Å². The Labute approximate surface area is 156 Å². The molecule has 0 saturated heterocycles. The van der Waals surface area contributed by atoms with Crippen LogP contribution in [0.2, 0.25) is 0 Å². The van der Waals surface area contributed by atoms with Crippen LogP contribution in [0.4, 0.5) is 5.95 Å². The molecule has 1 unspecified atom stereocenters. The van der Waals surface area contributed by atoms with Crippen LogP contribution in [0.3, 0.4) is 0 Å². The molecule has 0 radical (unpaired) electrons. The van der Waals surface area contributed by atoms with E-state index in [0.29, 0.717) is 17.9 Å². The predicted octanol–water partition coefficient (Wildman–Crippen LogP) is 3.89. The number of carbonyl (C=O) groups excluding carboxylic acids is 1. The minimum absolute atomic E-state index is 0.124. The van der Waals surface area contributed by atoms with Crippen LogP contribution in [0.1, 0.15) is 34.0 Å². The molecule has 1 aliphatic rings. The molecule has 5 nitrogen and oxygen atoms in total. The maximum Gasteiger partial charge on any atom is 0.222 e. The van der Waals surface area contributed by atoms with E-state index in [1.54, 1.807) is 4.52 Å². The third-order valence-electron chi connectivity index (χ3n) is 5.22. The van der Waals surface area contributed by atoms with Gasteiger partial charge in [-0.25, -0.2) is 4.98 Å². The molecule has 2 aromatic carbocycles. The highest BCUT2D eigenvalue weighted by Gasteiger charge is 2.29. The van der Waals surface area contributed by atoms with Gasteiger partial charge in [0.05, 0.1) is 11.2 Å². The Morgan fingerprint density at radius 3 is 2.41 bits per heavy atom. The molecule has 0 bridgehead atoms. The molecule has 0 aliphatic heterocycles. The minimum atomic E-state index is 0.124. The number of Topliss-reactive ketones (excluding diaryl/α,β-unsaturated/α-hetero) is 1. The number of rotatable bonds is 2. The third kappa shape index (κ3) is 2.59. The van der Waals surface area contributed by atoms with Crippen molar-refractivity contribution in [3.8, 4) is 11.3 Å². The largest absolute Gasteiger partial charge is 0.368 e. The topological polar surface area (TPSA) is 73.3 Å². The summed E-state index contributed by atoms with van der Waals surface area (Å²) in [5.74, 6) is 0.606. The van der Waals surface area contributed by atoms with Crippen molar-refractivity contribution in [2.24, 2.45) is 0 Å². The number of aromatic nitrogens is 3. The number of carbonyl (C=O) groups is 1. The summed E-state index contributed by atoms with van der Waals surface area (Å²) in [4.78, 5) is 17.4. The second-order valence-electron chi connectivity index (χ2n) is 6.93. The molecule has 0 amide bonds. The van der Waals surface area contributed by atoms with Crippen LogP contribution in [0, 0.1) is 0 Å². The van der Waals surface area contributed by atoms with Crippen molar-refractivity contribution in [2.75, 3.05) is 5.73 Å². The lowest BCUT2D eigenvalue weighted by atomic mass is 9.82. The van der Waals surface area contributed by atoms with Crippen molar-refractivity contribution in [3.63, 3.8) is 0 Å². The zero-order valence-electron chi connectivity index (χ0n) is 14.7. The maximum atomic E-state index is 12.9. The summed E-state index contributed by atoms with van der Waals surface area (Å²) in [7, 11) is 0. The van der Waals surface area contributed by atoms with E-state index in [0.717, 1.165) is 28.9 Å². The van der Waals surface area contributed by atoms with Gasteiger partial charge in [0.15, 0.2) is 5.78 Å². The fourth-order valence-corrected chi connectivity index (χ4v) is 3.87. The standard InChI is InChI=1S/C22H18N4O/c23-22-24-21(15-9-5-2-6-10-15)19-13-17-18(25-26(19)22)11-16(12-20(17)27)14-7-3-1-4-8-14/h1-10,13,16H,11-12H2,(H2,23,24). The van der Waals surface area contributed by atoms with Gasteiger partial charge < -0.3 is 5.73 Å². The monoisotopic (exact) mass is 354 g/mol. The van der Waals surface area contributed by atoms with Gasteiger partial charge >= 0.3 is 0 Å². The molecule has 2 aromatic heterocycles. The number of hydrogen-bond donors (Lipinski definition) is 1. The van der Waals surface area contributed by atoms with Crippen LogP contribution in [0.5, 0.6) is 0 Å². The lowest BCUT2D eigenvalue weighted by Crippen LogP contribution is -2.21. The van der Waals surface area contributed by atoms with Crippen molar-refractivity contribution in [1.82, 2.24) is 14.6 Å². The van der Waals surface area contributed by atoms with Crippen LogP contribution in [-0.4, -0.2) is 20.4 Å². The Morgan fingerprint density at radius 1 is 0.963 bits per heavy atom. The minimum Gasteiger partial charge on any atom is -0.368 e. The Bertz CT molecular complexity index is 1150. The number of nitrogen functional groups attached to an aromatic ring is 1. The number of nitrogens with two attached hydrogens (primary N) is 1. The van der Waals surface area contributed by atoms with Crippen LogP contribution < -0.4 is 5.73 Å². The Balaban J connectivity index is 1.64. The number of nitrogens with zero attached hydrogens (tertiary/aromatic N) is 3. The summed E-state index contributed by atoms with van der Waals surface area (Å²) >= 11 is 0. The molecule has 0 saturated carbocycles. The first kappa shape index (κ1) is 15.8. The number of anilines is 1. The van der Waals surface area contributed by atoms with Crippen molar-refractivity contribution >= 4 is 17.2 Å². The number of hydrogen-bond acceptors (Lipinski definition) is 4. The molecule has 4 aromatic rings. The normalized spacial score (nSPS) is 16.4. The highest BCUT2D eigenvalue weighted by molar-refractivity contribution is 6.00. The first-order valence-corrected chi connectivity index (χ1v) is 9.02. The zero-order chi connectivity index (χ0) is 18.4. The molecule has 27 heavy (non-hydrogen) atoms. The Morgan fingerprint density at radius 2 is 1.67 bits per heavy atom. The number of imidazole rings is 1. The van der Waals surface area contributed by atoms with Crippen LogP contribution in [0.15, 0.2) is 66.7 Å². The molecule has 2 N–H and O–H groups in total. The summed E-state index contributed by atoms with van der Waals surface area (Å²) in [6.07, 6.45) is 1.22. The first-order chi connectivity index (χ1) is 13.2. The summed E-state index contributed by atoms with van der Waals surface area (Å²) < 4.78 is 1.65. The quantitative estimate of drug-likeness (QED) is 0.593. The molecular formula is C22H18N4O. The van der Waals surface area contributed by atoms with Gasteiger partial charge in [-0.2, -0.15) is 9.61 Å². The fraction of sp³-hybridized carbons (Fsp3) is 0.136. The Kier molecular flexibility index (Phi) is 3.53. The summed E-state index contributed by atoms with van der Waals surface area (Å²) in [5, 5.41) is 4.70. The summed E-state index contributed by atoms with van der Waals surface area (Å²) in [6, 6.07) is 21.9. The van der Waals surface area contributed by atoms with E-state index in [1.165, 1.54) is 5.56 Å². The molecule has 1 atom stereocenters. The predicted molar refractivity (Wildman–Crippen MR) is 105 cm³/mol. The van der Waals surface area contributed by atoms with Gasteiger partial charge in [-0.05, 0) is 24.0 Å². The second kappa shape index (κ2) is 6.06. The van der Waals surface area contributed by atoms with E-state index in [1.807, 2.05) is 54.6 Å². The molecule has 5 heteroatoms. The highest BCUT2D eigenvalue weighted by atomic mass is 16.1. The van der Waals surface area contributed by atoms with Crippen LogP contribution >= 0.6 is 0 Å². The Hall–Kier alpha value is -3.47. The zero-order valence-corrected chi connectivity index (χ0v) is 14.7. The molecule has 5 rings (SSSR count). The number of benzene rings is 2. The maximum absolute atomic E-state index is 12.9. The van der Waals surface area contributed by atoms with Crippen LogP contribution in [-0.2, 0) is 6.42 Å². The van der Waals surface area contributed by atoms with Gasteiger partial charge in [0, 0.05) is 17.5 Å². The second-order valence-corrected chi connectivity index (χ2v) is 6.93. The van der Waals surface area contributed by atoms with E-state index in [2.05, 4.69) is 17.1 Å². The van der Waals surface area contributed by atoms with Gasteiger partial charge in [-0.1, -0.05) is 60.7 Å². The van der Waals surface area contributed by atoms with E-state index < -0.39 is 0 Å². The van der Waals surface area contributed by atoms with Crippen LogP contribution in [0.25, 0.3) is 16.8 Å². The summed E-state index contributed by atoms with van der Waals surface area (Å²) in [5.41, 5.74) is 11.3. The average Bonchev–Trinajstić information content (AvgIpc) is 3.04. The smallest absolute Gasteiger partial charge is 0.222 e. The molecular weight excluding hydrogens is 336 g/mol. The van der Waals surface area contributed by atoms with Crippen molar-refractivity contribution in [1.29, 1.82) is 0 Å². The van der Waals surface area contributed by atoms with Gasteiger partial charge in [0.1, 0.15) is 5.69 Å².